The molecular formula is C24H35N5O5. The summed E-state index contributed by atoms with van der Waals surface area (Å²) in [5.41, 5.74) is 0.516. The number of likely N-dealkylation sites (N-methyl/N-ethyl adjacent to an activating group) is 1. The molecule has 0 aromatic heterocycles. The molecule has 34 heavy (non-hydrogen) atoms. The van der Waals surface area contributed by atoms with Crippen molar-refractivity contribution in [1.82, 2.24) is 20.0 Å². The van der Waals surface area contributed by atoms with Crippen LogP contribution in [0.2, 0.25) is 0 Å². The topological polar surface area (TPSA) is 112 Å². The number of esters is 1. The molecule has 1 aliphatic carbocycles. The number of hydrogen-bond donors (Lipinski definition) is 1. The van der Waals surface area contributed by atoms with E-state index in [2.05, 4.69) is 31.8 Å². The third kappa shape index (κ3) is 6.83. The highest BCUT2D eigenvalue weighted by atomic mass is 16.5. The number of unbranched alkanes of at least 4 members (excludes halogenated alkanes) is 2. The van der Waals surface area contributed by atoms with Gasteiger partial charge in [0, 0.05) is 52.2 Å². The summed E-state index contributed by atoms with van der Waals surface area (Å²) < 4.78 is 4.67. The van der Waals surface area contributed by atoms with Crippen molar-refractivity contribution in [2.24, 2.45) is 10.9 Å². The Morgan fingerprint density at radius 2 is 1.82 bits per heavy atom. The van der Waals surface area contributed by atoms with E-state index in [1.165, 1.54) is 19.3 Å². The van der Waals surface area contributed by atoms with Gasteiger partial charge in [0.2, 0.25) is 11.8 Å². The lowest BCUT2D eigenvalue weighted by Gasteiger charge is -2.33. The van der Waals surface area contributed by atoms with Crippen LogP contribution in [0.1, 0.15) is 32.6 Å². The van der Waals surface area contributed by atoms with Gasteiger partial charge in [-0.15, -0.1) is 0 Å². The molecule has 1 unspecified atom stereocenters. The van der Waals surface area contributed by atoms with Gasteiger partial charge in [-0.2, -0.15) is 4.99 Å². The second-order valence-electron chi connectivity index (χ2n) is 8.67. The number of hydrogen-bond acceptors (Lipinski definition) is 7. The molecule has 0 radical (unpaired) electrons. The molecule has 0 spiro atoms. The molecule has 10 nitrogen and oxygen atoms in total. The van der Waals surface area contributed by atoms with E-state index >= 15 is 0 Å². The molecule has 0 aromatic rings. The first-order valence-corrected chi connectivity index (χ1v) is 12.1. The van der Waals surface area contributed by atoms with E-state index in [4.69, 9.17) is 0 Å². The summed E-state index contributed by atoms with van der Waals surface area (Å²) in [4.78, 5) is 58.8. The number of amides is 4. The number of methoxy groups -OCH3 is 1. The highest BCUT2D eigenvalue weighted by Crippen LogP contribution is 2.23. The van der Waals surface area contributed by atoms with Crippen molar-refractivity contribution in [2.75, 3.05) is 59.5 Å². The smallest absolute Gasteiger partial charge is 0.350 e. The number of ether oxygens (including phenoxy) is 1. The van der Waals surface area contributed by atoms with Crippen LogP contribution >= 0.6 is 0 Å². The number of rotatable bonds is 11. The number of fused-ring (bicyclic) bond motifs is 1. The third-order valence-corrected chi connectivity index (χ3v) is 6.45. The number of nitrogens with zero attached hydrogens (tertiary/aromatic N) is 4. The van der Waals surface area contributed by atoms with Gasteiger partial charge in [-0.05, 0) is 25.5 Å². The SMILES string of the molecule is CCN1CCN(CCNC(=O)CCCCCN2C(=O)N=C3C=C(C(=O)OC)C=CC3C2=O)CC1. The lowest BCUT2D eigenvalue weighted by atomic mass is 9.92. The molecule has 3 rings (SSSR count). The zero-order valence-corrected chi connectivity index (χ0v) is 20.1. The maximum absolute atomic E-state index is 12.7. The molecule has 0 aromatic carbocycles. The molecule has 2 aliphatic heterocycles. The van der Waals surface area contributed by atoms with Crippen molar-refractivity contribution in [3.05, 3.63) is 23.8 Å². The summed E-state index contributed by atoms with van der Waals surface area (Å²) >= 11 is 0. The number of carbonyl (C=O) groups excluding carboxylic acids is 4. The van der Waals surface area contributed by atoms with Crippen molar-refractivity contribution >= 4 is 29.5 Å². The number of urea groups is 1. The number of allylic oxidation sites excluding steroid dienone is 1. The largest absolute Gasteiger partial charge is 0.465 e. The van der Waals surface area contributed by atoms with E-state index in [-0.39, 0.29) is 29.6 Å². The van der Waals surface area contributed by atoms with Crippen LogP contribution in [0.4, 0.5) is 4.79 Å². The molecule has 1 fully saturated rings. The van der Waals surface area contributed by atoms with Crippen LogP contribution in [0, 0.1) is 5.92 Å². The van der Waals surface area contributed by atoms with Crippen molar-refractivity contribution in [2.45, 2.75) is 32.6 Å². The molecule has 2 heterocycles. The number of imide groups is 1. The summed E-state index contributed by atoms with van der Waals surface area (Å²) in [6.45, 7) is 9.31. The molecule has 4 amide bonds. The normalized spacial score (nSPS) is 21.1. The van der Waals surface area contributed by atoms with E-state index in [1.807, 2.05) is 0 Å². The second-order valence-corrected chi connectivity index (χ2v) is 8.67. The Morgan fingerprint density at radius 1 is 1.09 bits per heavy atom. The summed E-state index contributed by atoms with van der Waals surface area (Å²) in [6, 6.07) is -0.621. The first-order valence-electron chi connectivity index (χ1n) is 12.1. The van der Waals surface area contributed by atoms with Crippen LogP contribution in [0.3, 0.4) is 0 Å². The molecule has 3 aliphatic rings. The quantitative estimate of drug-likeness (QED) is 0.352. The zero-order chi connectivity index (χ0) is 24.5. The summed E-state index contributed by atoms with van der Waals surface area (Å²) in [6.07, 6.45) is 6.98. The monoisotopic (exact) mass is 473 g/mol. The van der Waals surface area contributed by atoms with Gasteiger partial charge in [0.15, 0.2) is 0 Å². The van der Waals surface area contributed by atoms with Crippen LogP contribution < -0.4 is 5.32 Å². The van der Waals surface area contributed by atoms with Gasteiger partial charge in [-0.3, -0.25) is 19.4 Å². The van der Waals surface area contributed by atoms with Gasteiger partial charge >= 0.3 is 12.0 Å². The van der Waals surface area contributed by atoms with E-state index in [0.29, 0.717) is 25.8 Å². The third-order valence-electron chi connectivity index (χ3n) is 6.45. The van der Waals surface area contributed by atoms with Gasteiger partial charge in [0.1, 0.15) is 0 Å². The average molecular weight is 474 g/mol. The fourth-order valence-electron chi connectivity index (χ4n) is 4.29. The lowest BCUT2D eigenvalue weighted by molar-refractivity contribution is -0.136. The number of nitrogens with one attached hydrogen (secondary N) is 1. The average Bonchev–Trinajstić information content (AvgIpc) is 2.85. The minimum Gasteiger partial charge on any atom is -0.465 e. The van der Waals surface area contributed by atoms with Crippen molar-refractivity contribution in [3.63, 3.8) is 0 Å². The van der Waals surface area contributed by atoms with Crippen molar-refractivity contribution in [3.8, 4) is 0 Å². The van der Waals surface area contributed by atoms with Gasteiger partial charge in [-0.1, -0.05) is 25.5 Å². The van der Waals surface area contributed by atoms with Gasteiger partial charge in [0.05, 0.1) is 24.3 Å². The minimum atomic E-state index is -0.665. The molecule has 1 atom stereocenters. The van der Waals surface area contributed by atoms with Crippen LogP contribution in [0.5, 0.6) is 0 Å². The Morgan fingerprint density at radius 3 is 2.53 bits per heavy atom. The molecule has 1 N–H and O–H groups in total. The Bertz CT molecular complexity index is 873. The van der Waals surface area contributed by atoms with Crippen LogP contribution in [-0.4, -0.2) is 104 Å². The Kier molecular flexibility index (Phi) is 9.52. The maximum Gasteiger partial charge on any atom is 0.350 e. The van der Waals surface area contributed by atoms with Gasteiger partial charge in [-0.25, -0.2) is 9.59 Å². The minimum absolute atomic E-state index is 0.0344. The fourth-order valence-corrected chi connectivity index (χ4v) is 4.29. The predicted octanol–water partition coefficient (Wildman–Crippen LogP) is 0.989. The molecule has 0 bridgehead atoms. The number of aliphatic imine (C=N–C) groups is 1. The standard InChI is InChI=1S/C24H35N5O5/c1-3-27-13-15-28(16-14-27)12-10-25-21(30)7-5-4-6-11-29-22(31)19-9-8-18(23(32)34-2)17-20(19)26-24(29)33/h8-9,17,19H,3-7,10-16H2,1-2H3,(H,25,30). The number of carbonyl (C=O) groups is 4. The predicted molar refractivity (Wildman–Crippen MR) is 127 cm³/mol. The molecule has 1 saturated heterocycles. The first-order chi connectivity index (χ1) is 16.4. The van der Waals surface area contributed by atoms with Gasteiger partial charge in [0.25, 0.3) is 0 Å². The van der Waals surface area contributed by atoms with Gasteiger partial charge < -0.3 is 15.0 Å². The summed E-state index contributed by atoms with van der Waals surface area (Å²) in [7, 11) is 1.27. The van der Waals surface area contributed by atoms with E-state index in [9.17, 15) is 19.2 Å². The Balaban J connectivity index is 1.32. The zero-order valence-electron chi connectivity index (χ0n) is 20.1. The van der Waals surface area contributed by atoms with Crippen LogP contribution in [-0.2, 0) is 19.1 Å². The van der Waals surface area contributed by atoms with Crippen LogP contribution in [0.25, 0.3) is 0 Å². The summed E-state index contributed by atoms with van der Waals surface area (Å²) in [5, 5.41) is 2.98. The summed E-state index contributed by atoms with van der Waals surface area (Å²) in [5.74, 6) is -1.52. The maximum atomic E-state index is 12.7. The van der Waals surface area contributed by atoms with E-state index in [1.54, 1.807) is 6.08 Å². The van der Waals surface area contributed by atoms with E-state index < -0.39 is 17.9 Å². The van der Waals surface area contributed by atoms with Crippen molar-refractivity contribution in [1.29, 1.82) is 0 Å². The Hall–Kier alpha value is -2.85. The molecular weight excluding hydrogens is 438 g/mol. The molecule has 10 heteroatoms. The lowest BCUT2D eigenvalue weighted by Crippen LogP contribution is -2.48. The second kappa shape index (κ2) is 12.6. The van der Waals surface area contributed by atoms with E-state index in [0.717, 1.165) is 50.6 Å². The molecule has 0 saturated carbocycles. The fraction of sp³-hybridized carbons (Fsp3) is 0.625. The first kappa shape index (κ1) is 25.8. The van der Waals surface area contributed by atoms with Crippen LogP contribution in [0.15, 0.2) is 28.8 Å². The number of piperazine rings is 1. The highest BCUT2D eigenvalue weighted by molar-refractivity contribution is 6.23. The molecule has 186 valence electrons. The highest BCUT2D eigenvalue weighted by Gasteiger charge is 2.36. The Labute approximate surface area is 200 Å². The van der Waals surface area contributed by atoms with Crippen molar-refractivity contribution < 1.29 is 23.9 Å².